The number of aromatic nitrogens is 1. The molecule has 32 heavy (non-hydrogen) atoms. The second-order valence-electron chi connectivity index (χ2n) is 6.64. The van der Waals surface area contributed by atoms with E-state index in [9.17, 15) is 4.39 Å². The van der Waals surface area contributed by atoms with Crippen LogP contribution in [0.25, 0.3) is 11.3 Å². The van der Waals surface area contributed by atoms with Gasteiger partial charge < -0.3 is 9.47 Å². The molecule has 0 radical (unpaired) electrons. The quantitative estimate of drug-likeness (QED) is 0.233. The lowest BCUT2D eigenvalue weighted by molar-refractivity contribution is 0.279. The van der Waals surface area contributed by atoms with Crippen LogP contribution in [0.4, 0.5) is 9.52 Å². The van der Waals surface area contributed by atoms with Crippen LogP contribution >= 0.6 is 22.9 Å². The van der Waals surface area contributed by atoms with Crippen molar-refractivity contribution in [3.63, 3.8) is 0 Å². The van der Waals surface area contributed by atoms with Crippen LogP contribution < -0.4 is 14.9 Å². The smallest absolute Gasteiger partial charge is 0.203 e. The second-order valence-corrected chi connectivity index (χ2v) is 7.91. The molecule has 0 atom stereocenters. The summed E-state index contributed by atoms with van der Waals surface area (Å²) >= 11 is 7.57. The van der Waals surface area contributed by atoms with Crippen LogP contribution in [-0.4, -0.2) is 18.3 Å². The highest BCUT2D eigenvalue weighted by Crippen LogP contribution is 2.32. The first-order valence-corrected chi connectivity index (χ1v) is 10.9. The van der Waals surface area contributed by atoms with E-state index < -0.39 is 5.82 Å². The van der Waals surface area contributed by atoms with Crippen LogP contribution in [0.15, 0.2) is 77.2 Å². The lowest BCUT2D eigenvalue weighted by atomic mass is 10.2. The van der Waals surface area contributed by atoms with Gasteiger partial charge in [-0.2, -0.15) is 5.10 Å². The normalized spacial score (nSPS) is 11.0. The molecule has 0 saturated heterocycles. The van der Waals surface area contributed by atoms with Crippen molar-refractivity contribution in [2.45, 2.75) is 6.61 Å². The van der Waals surface area contributed by atoms with Gasteiger partial charge in [-0.1, -0.05) is 54.1 Å². The number of benzene rings is 3. The van der Waals surface area contributed by atoms with E-state index in [4.69, 9.17) is 21.1 Å². The zero-order valence-corrected chi connectivity index (χ0v) is 18.7. The summed E-state index contributed by atoms with van der Waals surface area (Å²) in [7, 11) is 1.54. The van der Waals surface area contributed by atoms with E-state index in [1.165, 1.54) is 24.5 Å². The Labute approximate surface area is 194 Å². The van der Waals surface area contributed by atoms with Crippen molar-refractivity contribution in [1.29, 1.82) is 0 Å². The Kier molecular flexibility index (Phi) is 6.99. The minimum absolute atomic E-state index is 0.0485. The number of halogens is 2. The molecule has 0 amide bonds. The van der Waals surface area contributed by atoms with Crippen molar-refractivity contribution in [2.24, 2.45) is 5.10 Å². The van der Waals surface area contributed by atoms with Crippen molar-refractivity contribution in [2.75, 3.05) is 12.5 Å². The van der Waals surface area contributed by atoms with Gasteiger partial charge in [0.25, 0.3) is 0 Å². The summed E-state index contributed by atoms with van der Waals surface area (Å²) in [5, 5.41) is 7.20. The number of rotatable bonds is 8. The zero-order valence-electron chi connectivity index (χ0n) is 17.1. The molecule has 1 heterocycles. The predicted molar refractivity (Wildman–Crippen MR) is 128 cm³/mol. The summed E-state index contributed by atoms with van der Waals surface area (Å²) in [4.78, 5) is 4.54. The van der Waals surface area contributed by atoms with Gasteiger partial charge in [0, 0.05) is 22.1 Å². The average molecular weight is 468 g/mol. The summed E-state index contributed by atoms with van der Waals surface area (Å²) in [6.07, 6.45) is 1.60. The average Bonchev–Trinajstić information content (AvgIpc) is 3.29. The first-order chi connectivity index (χ1) is 15.7. The van der Waals surface area contributed by atoms with Crippen LogP contribution in [-0.2, 0) is 6.61 Å². The fourth-order valence-electron chi connectivity index (χ4n) is 2.99. The summed E-state index contributed by atoms with van der Waals surface area (Å²) in [6.45, 7) is -0.0485. The van der Waals surface area contributed by atoms with Crippen LogP contribution in [0.5, 0.6) is 11.5 Å². The van der Waals surface area contributed by atoms with Crippen LogP contribution in [0, 0.1) is 5.82 Å². The summed E-state index contributed by atoms with van der Waals surface area (Å²) in [6, 6.07) is 19.8. The Morgan fingerprint density at radius 1 is 1.09 bits per heavy atom. The Balaban J connectivity index is 1.50. The van der Waals surface area contributed by atoms with Gasteiger partial charge in [-0.15, -0.1) is 11.3 Å². The molecule has 0 saturated carbocycles. The Hall–Kier alpha value is -3.42. The molecule has 1 aromatic heterocycles. The fourth-order valence-corrected chi connectivity index (χ4v) is 3.87. The number of hydrogen-bond acceptors (Lipinski definition) is 6. The molecule has 0 aliphatic rings. The van der Waals surface area contributed by atoms with Crippen molar-refractivity contribution in [3.05, 3.63) is 94.1 Å². The highest BCUT2D eigenvalue weighted by Gasteiger charge is 2.13. The zero-order chi connectivity index (χ0) is 22.3. The minimum Gasteiger partial charge on any atom is -0.493 e. The van der Waals surface area contributed by atoms with E-state index in [1.54, 1.807) is 24.4 Å². The third-order valence-corrected chi connectivity index (χ3v) is 5.69. The van der Waals surface area contributed by atoms with Crippen molar-refractivity contribution >= 4 is 34.3 Å². The maximum absolute atomic E-state index is 14.1. The first-order valence-electron chi connectivity index (χ1n) is 9.68. The standard InChI is InChI=1S/C24H19ClFN3O2S/c1-30-22-12-5-9-17(23(22)31-14-18-19(25)10-6-11-20(18)26)13-27-29-24-28-21(15-32-24)16-7-3-2-4-8-16/h2-13,15H,14H2,1H3,(H,28,29). The molecule has 162 valence electrons. The number of ether oxygens (including phenoxy) is 2. The van der Waals surface area contributed by atoms with Crippen molar-refractivity contribution < 1.29 is 13.9 Å². The first kappa shape index (κ1) is 21.8. The van der Waals surface area contributed by atoms with Gasteiger partial charge in [0.2, 0.25) is 5.13 Å². The maximum Gasteiger partial charge on any atom is 0.203 e. The van der Waals surface area contributed by atoms with Crippen molar-refractivity contribution in [3.8, 4) is 22.8 Å². The van der Waals surface area contributed by atoms with E-state index in [1.807, 2.05) is 47.8 Å². The maximum atomic E-state index is 14.1. The molecule has 0 unspecified atom stereocenters. The molecule has 0 fully saturated rings. The van der Waals surface area contributed by atoms with Crippen LogP contribution in [0.1, 0.15) is 11.1 Å². The molecule has 0 spiro atoms. The molecule has 1 N–H and O–H groups in total. The minimum atomic E-state index is -0.428. The van der Waals surface area contributed by atoms with Gasteiger partial charge in [-0.05, 0) is 24.3 Å². The van der Waals surface area contributed by atoms with Crippen LogP contribution in [0.3, 0.4) is 0 Å². The molecule has 5 nitrogen and oxygen atoms in total. The highest BCUT2D eigenvalue weighted by molar-refractivity contribution is 7.14. The van der Waals surface area contributed by atoms with Gasteiger partial charge in [-0.3, -0.25) is 5.43 Å². The largest absolute Gasteiger partial charge is 0.493 e. The van der Waals surface area contributed by atoms with Gasteiger partial charge in [-0.25, -0.2) is 9.37 Å². The topological polar surface area (TPSA) is 55.7 Å². The number of nitrogens with zero attached hydrogens (tertiary/aromatic N) is 2. The molecule has 4 aromatic rings. The summed E-state index contributed by atoms with van der Waals surface area (Å²) in [5.41, 5.74) is 5.78. The molecule has 4 rings (SSSR count). The number of para-hydroxylation sites is 1. The number of hydrogen-bond donors (Lipinski definition) is 1. The van der Waals surface area contributed by atoms with E-state index >= 15 is 0 Å². The van der Waals surface area contributed by atoms with E-state index in [-0.39, 0.29) is 12.2 Å². The Morgan fingerprint density at radius 2 is 1.91 bits per heavy atom. The second kappa shape index (κ2) is 10.3. The van der Waals surface area contributed by atoms with Gasteiger partial charge in [0.1, 0.15) is 12.4 Å². The molecule has 8 heteroatoms. The molecular formula is C24H19ClFN3O2S. The molecule has 0 aliphatic heterocycles. The monoisotopic (exact) mass is 467 g/mol. The number of hydrazone groups is 1. The van der Waals surface area contributed by atoms with E-state index in [0.717, 1.165) is 11.3 Å². The Bertz CT molecular complexity index is 1210. The molecule has 0 aliphatic carbocycles. The molecular weight excluding hydrogens is 449 g/mol. The summed E-state index contributed by atoms with van der Waals surface area (Å²) < 4.78 is 25.4. The third kappa shape index (κ3) is 5.07. The number of anilines is 1. The van der Waals surface area contributed by atoms with Gasteiger partial charge in [0.15, 0.2) is 11.5 Å². The van der Waals surface area contributed by atoms with Gasteiger partial charge in [0.05, 0.1) is 24.0 Å². The van der Waals surface area contributed by atoms with Gasteiger partial charge >= 0.3 is 0 Å². The molecule has 3 aromatic carbocycles. The predicted octanol–water partition coefficient (Wildman–Crippen LogP) is 6.64. The van der Waals surface area contributed by atoms with Crippen molar-refractivity contribution in [1.82, 2.24) is 4.98 Å². The Morgan fingerprint density at radius 3 is 2.69 bits per heavy atom. The highest BCUT2D eigenvalue weighted by atomic mass is 35.5. The lowest BCUT2D eigenvalue weighted by Gasteiger charge is -2.14. The fraction of sp³-hybridized carbons (Fsp3) is 0.0833. The number of thiazole rings is 1. The SMILES string of the molecule is COc1cccc(C=NNc2nc(-c3ccccc3)cs2)c1OCc1c(F)cccc1Cl. The number of nitrogens with one attached hydrogen (secondary N) is 1. The van der Waals surface area contributed by atoms with E-state index in [2.05, 4.69) is 15.5 Å². The third-order valence-electron chi connectivity index (χ3n) is 4.59. The number of methoxy groups -OCH3 is 1. The van der Waals surface area contributed by atoms with E-state index in [0.29, 0.717) is 27.2 Å². The molecule has 0 bridgehead atoms. The van der Waals surface area contributed by atoms with Crippen LogP contribution in [0.2, 0.25) is 5.02 Å². The lowest BCUT2D eigenvalue weighted by Crippen LogP contribution is -2.03. The summed E-state index contributed by atoms with van der Waals surface area (Å²) in [5.74, 6) is 0.508.